The van der Waals surface area contributed by atoms with Crippen LogP contribution in [-0.4, -0.2) is 51.8 Å². The van der Waals surface area contributed by atoms with Crippen molar-refractivity contribution in [3.8, 4) is 0 Å². The molecule has 0 radical (unpaired) electrons. The molecule has 1 fully saturated rings. The minimum absolute atomic E-state index is 0.0403. The molecule has 1 aliphatic heterocycles. The van der Waals surface area contributed by atoms with Crippen molar-refractivity contribution in [1.82, 2.24) is 0 Å². The Hall–Kier alpha value is -0.160. The van der Waals surface area contributed by atoms with Crippen molar-refractivity contribution >= 4 is 0 Å². The maximum Gasteiger partial charge on any atom is 0.104 e. The number of methoxy groups -OCH3 is 1. The van der Waals surface area contributed by atoms with Crippen molar-refractivity contribution in [1.29, 1.82) is 0 Å². The molecule has 0 aromatic heterocycles. The number of rotatable bonds is 19. The Balaban J connectivity index is 2.34. The highest BCUT2D eigenvalue weighted by atomic mass is 16.6. The van der Waals surface area contributed by atoms with Crippen molar-refractivity contribution in [3.63, 3.8) is 0 Å². The molecule has 0 spiro atoms. The van der Waals surface area contributed by atoms with Crippen LogP contribution in [0.5, 0.6) is 0 Å². The van der Waals surface area contributed by atoms with Gasteiger partial charge in [0, 0.05) is 13.7 Å². The molecule has 0 aromatic carbocycles. The normalized spacial score (nSPS) is 19.0. The molecule has 0 saturated carbocycles. The number of unbranched alkanes of at least 4 members (excludes halogenated alkanes) is 6. The number of hydrogen-bond donors (Lipinski definition) is 0. The van der Waals surface area contributed by atoms with E-state index in [1.54, 1.807) is 7.11 Å². The Morgan fingerprint density at radius 2 is 1.58 bits per heavy atom. The van der Waals surface area contributed by atoms with Gasteiger partial charge in [-0.3, -0.25) is 0 Å². The third-order valence-corrected chi connectivity index (χ3v) is 5.53. The van der Waals surface area contributed by atoms with E-state index in [-0.39, 0.29) is 5.60 Å². The van der Waals surface area contributed by atoms with E-state index in [1.165, 1.54) is 44.9 Å². The lowest BCUT2D eigenvalue weighted by Crippen LogP contribution is -2.40. The fraction of sp³-hybridized carbons (Fsp3) is 1.00. The lowest BCUT2D eigenvalue weighted by atomic mass is 9.81. The summed E-state index contributed by atoms with van der Waals surface area (Å²) >= 11 is 0. The van der Waals surface area contributed by atoms with E-state index in [1.807, 2.05) is 0 Å². The highest BCUT2D eigenvalue weighted by Gasteiger charge is 2.33. The molecule has 0 aliphatic carbocycles. The zero-order chi connectivity index (χ0) is 19.1. The molecule has 4 heteroatoms. The van der Waals surface area contributed by atoms with Gasteiger partial charge in [-0.2, -0.15) is 0 Å². The molecule has 2 unspecified atom stereocenters. The molecule has 1 saturated heterocycles. The second kappa shape index (κ2) is 14.8. The maximum atomic E-state index is 6.41. The predicted octanol–water partition coefficient (Wildman–Crippen LogP) is 5.38. The van der Waals surface area contributed by atoms with E-state index in [4.69, 9.17) is 18.9 Å². The van der Waals surface area contributed by atoms with Crippen molar-refractivity contribution < 1.29 is 18.9 Å². The van der Waals surface area contributed by atoms with E-state index in [9.17, 15) is 0 Å². The van der Waals surface area contributed by atoms with Crippen LogP contribution in [0.3, 0.4) is 0 Å². The van der Waals surface area contributed by atoms with Gasteiger partial charge >= 0.3 is 0 Å². The van der Waals surface area contributed by atoms with Crippen molar-refractivity contribution in [2.24, 2.45) is 5.92 Å². The average Bonchev–Trinajstić information content (AvgIpc) is 3.44. The van der Waals surface area contributed by atoms with Crippen LogP contribution >= 0.6 is 0 Å². The molecule has 26 heavy (non-hydrogen) atoms. The van der Waals surface area contributed by atoms with Gasteiger partial charge in [0.15, 0.2) is 0 Å². The van der Waals surface area contributed by atoms with Gasteiger partial charge in [-0.15, -0.1) is 0 Å². The zero-order valence-corrected chi connectivity index (χ0v) is 17.9. The average molecular weight is 373 g/mol. The minimum Gasteiger partial charge on any atom is -0.382 e. The zero-order valence-electron chi connectivity index (χ0n) is 17.9. The number of hydrogen-bond acceptors (Lipinski definition) is 4. The van der Waals surface area contributed by atoms with Crippen LogP contribution in [0.1, 0.15) is 85.0 Å². The fourth-order valence-electron chi connectivity index (χ4n) is 3.58. The first-order valence-corrected chi connectivity index (χ1v) is 11.0. The van der Waals surface area contributed by atoms with E-state index >= 15 is 0 Å². The molecule has 4 nitrogen and oxygen atoms in total. The van der Waals surface area contributed by atoms with Crippen LogP contribution in [0.25, 0.3) is 0 Å². The largest absolute Gasteiger partial charge is 0.382 e. The molecule has 2 atom stereocenters. The Labute approximate surface area is 162 Å². The SMILES string of the molecule is CCCCCCCCCC(CCCOCC1CO1)(OCCOC)C(C)C. The summed E-state index contributed by atoms with van der Waals surface area (Å²) in [5, 5.41) is 0. The van der Waals surface area contributed by atoms with Crippen LogP contribution in [-0.2, 0) is 18.9 Å². The Morgan fingerprint density at radius 1 is 0.923 bits per heavy atom. The van der Waals surface area contributed by atoms with E-state index in [0.29, 0.717) is 25.2 Å². The van der Waals surface area contributed by atoms with Crippen LogP contribution < -0.4 is 0 Å². The van der Waals surface area contributed by atoms with Crippen LogP contribution in [0.2, 0.25) is 0 Å². The molecule has 1 rings (SSSR count). The summed E-state index contributed by atoms with van der Waals surface area (Å²) in [5.74, 6) is 0.506. The smallest absolute Gasteiger partial charge is 0.104 e. The molecule has 0 aromatic rings. The number of ether oxygens (including phenoxy) is 4. The quantitative estimate of drug-likeness (QED) is 0.225. The standard InChI is InChI=1S/C22H44O4/c1-5-6-7-8-9-10-11-13-22(20(2)3,26-17-16-23-4)14-12-15-24-18-21-19-25-21/h20-21H,5-19H2,1-4H3. The van der Waals surface area contributed by atoms with Gasteiger partial charge in [-0.05, 0) is 25.2 Å². The highest BCUT2D eigenvalue weighted by Crippen LogP contribution is 2.33. The molecule has 0 N–H and O–H groups in total. The second-order valence-electron chi connectivity index (χ2n) is 8.07. The first-order valence-electron chi connectivity index (χ1n) is 11.0. The third kappa shape index (κ3) is 10.9. The summed E-state index contributed by atoms with van der Waals surface area (Å²) in [5.41, 5.74) is -0.0403. The maximum absolute atomic E-state index is 6.41. The molecular weight excluding hydrogens is 328 g/mol. The third-order valence-electron chi connectivity index (χ3n) is 5.53. The highest BCUT2D eigenvalue weighted by molar-refractivity contribution is 4.84. The monoisotopic (exact) mass is 372 g/mol. The summed E-state index contributed by atoms with van der Waals surface area (Å²) in [6.07, 6.45) is 13.0. The molecular formula is C22H44O4. The Bertz CT molecular complexity index is 317. The second-order valence-corrected chi connectivity index (χ2v) is 8.07. The lowest BCUT2D eigenvalue weighted by molar-refractivity contribution is -0.106. The van der Waals surface area contributed by atoms with Crippen LogP contribution in [0.15, 0.2) is 0 Å². The van der Waals surface area contributed by atoms with Crippen molar-refractivity contribution in [2.45, 2.75) is 96.7 Å². The lowest BCUT2D eigenvalue weighted by Gasteiger charge is -2.38. The summed E-state index contributed by atoms with van der Waals surface area (Å²) in [4.78, 5) is 0. The van der Waals surface area contributed by atoms with Gasteiger partial charge in [0.2, 0.25) is 0 Å². The van der Waals surface area contributed by atoms with Crippen molar-refractivity contribution in [2.75, 3.05) is 40.1 Å². The Kier molecular flexibility index (Phi) is 13.6. The van der Waals surface area contributed by atoms with Gasteiger partial charge < -0.3 is 18.9 Å². The Morgan fingerprint density at radius 3 is 2.19 bits per heavy atom. The van der Waals surface area contributed by atoms with Gasteiger partial charge in [0.1, 0.15) is 6.10 Å². The van der Waals surface area contributed by atoms with Crippen LogP contribution in [0, 0.1) is 5.92 Å². The topological polar surface area (TPSA) is 40.2 Å². The molecule has 1 heterocycles. The first kappa shape index (κ1) is 23.9. The predicted molar refractivity (Wildman–Crippen MR) is 108 cm³/mol. The molecule has 156 valence electrons. The van der Waals surface area contributed by atoms with E-state index in [2.05, 4.69) is 20.8 Å². The van der Waals surface area contributed by atoms with Gasteiger partial charge in [0.05, 0.1) is 32.0 Å². The van der Waals surface area contributed by atoms with Crippen molar-refractivity contribution in [3.05, 3.63) is 0 Å². The summed E-state index contributed by atoms with van der Waals surface area (Å²) in [6.45, 7) is 10.6. The summed E-state index contributed by atoms with van der Waals surface area (Å²) in [6, 6.07) is 0. The molecule has 0 amide bonds. The fourth-order valence-corrected chi connectivity index (χ4v) is 3.58. The summed E-state index contributed by atoms with van der Waals surface area (Å²) < 4.78 is 22.6. The van der Waals surface area contributed by atoms with E-state index < -0.39 is 0 Å². The van der Waals surface area contributed by atoms with Gasteiger partial charge in [0.25, 0.3) is 0 Å². The van der Waals surface area contributed by atoms with Crippen LogP contribution in [0.4, 0.5) is 0 Å². The minimum atomic E-state index is -0.0403. The van der Waals surface area contributed by atoms with E-state index in [0.717, 1.165) is 39.1 Å². The molecule has 1 aliphatic rings. The van der Waals surface area contributed by atoms with Gasteiger partial charge in [-0.1, -0.05) is 65.7 Å². The first-order chi connectivity index (χ1) is 12.6. The summed E-state index contributed by atoms with van der Waals surface area (Å²) in [7, 11) is 1.74. The molecule has 0 bridgehead atoms. The van der Waals surface area contributed by atoms with Gasteiger partial charge in [-0.25, -0.2) is 0 Å². The number of epoxide rings is 1.